The molecule has 0 unspecified atom stereocenters. The molecule has 0 saturated carbocycles. The van der Waals surface area contributed by atoms with Crippen LogP contribution in [0.15, 0.2) is 88.8 Å². The number of rotatable bonds is 5. The average Bonchev–Trinajstić information content (AvgIpc) is 3.14. The van der Waals surface area contributed by atoms with Crippen molar-refractivity contribution in [3.8, 4) is 11.4 Å². The molecule has 0 fully saturated rings. The third-order valence-corrected chi connectivity index (χ3v) is 6.04. The summed E-state index contributed by atoms with van der Waals surface area (Å²) < 4.78 is 3.09. The molecule has 0 aliphatic heterocycles. The van der Waals surface area contributed by atoms with Gasteiger partial charge in [-0.2, -0.15) is 9.78 Å². The number of hydrogen-bond acceptors (Lipinski definition) is 4. The van der Waals surface area contributed by atoms with Crippen molar-refractivity contribution in [3.05, 3.63) is 100 Å². The highest BCUT2D eigenvalue weighted by atomic mass is 16.4. The molecule has 0 saturated heterocycles. The molecule has 5 aromatic rings. The number of benzene rings is 3. The summed E-state index contributed by atoms with van der Waals surface area (Å²) >= 11 is 0. The van der Waals surface area contributed by atoms with Gasteiger partial charge in [-0.3, -0.25) is 4.79 Å². The molecular weight excluding hydrogens is 428 g/mol. The maximum absolute atomic E-state index is 13.4. The molecule has 34 heavy (non-hydrogen) atoms. The van der Waals surface area contributed by atoms with Gasteiger partial charge in [-0.15, -0.1) is 0 Å². The number of aromatic nitrogens is 3. The van der Waals surface area contributed by atoms with Gasteiger partial charge in [-0.25, -0.2) is 9.78 Å². The Morgan fingerprint density at radius 2 is 1.62 bits per heavy atom. The van der Waals surface area contributed by atoms with Crippen LogP contribution in [0.5, 0.6) is 0 Å². The van der Waals surface area contributed by atoms with Gasteiger partial charge in [-0.1, -0.05) is 60.7 Å². The number of para-hydroxylation sites is 2. The van der Waals surface area contributed by atoms with E-state index in [1.54, 1.807) is 29.8 Å². The fourth-order valence-electron chi connectivity index (χ4n) is 4.31. The lowest BCUT2D eigenvalue weighted by Crippen LogP contribution is -2.20. The van der Waals surface area contributed by atoms with Crippen molar-refractivity contribution in [1.82, 2.24) is 14.2 Å². The van der Waals surface area contributed by atoms with Crippen molar-refractivity contribution in [2.24, 2.45) is 5.10 Å². The predicted molar refractivity (Wildman–Crippen MR) is 133 cm³/mol. The molecule has 2 heterocycles. The van der Waals surface area contributed by atoms with Crippen LogP contribution >= 0.6 is 0 Å². The molecule has 3 aromatic carbocycles. The number of aliphatic carboxylic acids is 1. The number of carbonyl (C=O) groups is 1. The Hall–Kier alpha value is -4.52. The highest BCUT2D eigenvalue weighted by molar-refractivity contribution is 6.01. The summed E-state index contributed by atoms with van der Waals surface area (Å²) in [5.74, 6) is -0.491. The predicted octanol–water partition coefficient (Wildman–Crippen LogP) is 4.85. The lowest BCUT2D eigenvalue weighted by Gasteiger charge is -2.13. The average molecular weight is 450 g/mol. The van der Waals surface area contributed by atoms with Crippen LogP contribution in [-0.4, -0.2) is 31.5 Å². The topological polar surface area (TPSA) is 89.5 Å². The quantitative estimate of drug-likeness (QED) is 0.388. The first kappa shape index (κ1) is 21.3. The van der Waals surface area contributed by atoms with Crippen molar-refractivity contribution in [2.45, 2.75) is 19.9 Å². The molecule has 0 aliphatic rings. The van der Waals surface area contributed by atoms with E-state index < -0.39 is 12.0 Å². The van der Waals surface area contributed by atoms with Crippen LogP contribution in [0.2, 0.25) is 0 Å². The van der Waals surface area contributed by atoms with Gasteiger partial charge >= 0.3 is 5.97 Å². The van der Waals surface area contributed by atoms with E-state index in [0.29, 0.717) is 16.7 Å². The molecule has 0 bridgehead atoms. The van der Waals surface area contributed by atoms with Crippen molar-refractivity contribution in [2.75, 3.05) is 0 Å². The third-order valence-electron chi connectivity index (χ3n) is 6.04. The number of hydrogen-bond donors (Lipinski definition) is 1. The SMILES string of the molecule is Cc1c(C=Nn2c(-c3ccccc3)nc3ccccc3c2=O)c2ccccc2n1[C@@H](C)C(=O)O. The van der Waals surface area contributed by atoms with Gasteiger partial charge in [0.2, 0.25) is 0 Å². The van der Waals surface area contributed by atoms with Crippen molar-refractivity contribution >= 4 is 34.0 Å². The summed E-state index contributed by atoms with van der Waals surface area (Å²) in [6.45, 7) is 3.51. The zero-order valence-electron chi connectivity index (χ0n) is 18.7. The second-order valence-electron chi connectivity index (χ2n) is 8.08. The molecule has 7 heteroatoms. The maximum atomic E-state index is 13.4. The van der Waals surface area contributed by atoms with Crippen LogP contribution in [0.3, 0.4) is 0 Å². The van der Waals surface area contributed by atoms with Crippen LogP contribution in [-0.2, 0) is 4.79 Å². The van der Waals surface area contributed by atoms with Gasteiger partial charge in [0.15, 0.2) is 5.82 Å². The van der Waals surface area contributed by atoms with E-state index in [9.17, 15) is 14.7 Å². The van der Waals surface area contributed by atoms with E-state index in [1.807, 2.05) is 73.7 Å². The number of nitrogens with zero attached hydrogens (tertiary/aromatic N) is 4. The summed E-state index contributed by atoms with van der Waals surface area (Å²) in [6, 6.07) is 23.5. The normalized spacial score (nSPS) is 12.5. The van der Waals surface area contributed by atoms with Crippen molar-refractivity contribution in [1.29, 1.82) is 0 Å². The third kappa shape index (κ3) is 3.47. The minimum absolute atomic E-state index is 0.277. The smallest absolute Gasteiger partial charge is 0.326 e. The van der Waals surface area contributed by atoms with E-state index >= 15 is 0 Å². The monoisotopic (exact) mass is 450 g/mol. The summed E-state index contributed by atoms with van der Waals surface area (Å²) in [7, 11) is 0. The molecule has 0 radical (unpaired) electrons. The zero-order chi connectivity index (χ0) is 23.8. The summed E-state index contributed by atoms with van der Waals surface area (Å²) in [4.78, 5) is 29.9. The largest absolute Gasteiger partial charge is 0.480 e. The Morgan fingerprint density at radius 3 is 2.35 bits per heavy atom. The Balaban J connectivity index is 1.75. The van der Waals surface area contributed by atoms with Crippen molar-refractivity contribution < 1.29 is 9.90 Å². The second-order valence-corrected chi connectivity index (χ2v) is 8.08. The molecule has 0 spiro atoms. The number of fused-ring (bicyclic) bond motifs is 2. The van der Waals surface area contributed by atoms with E-state index in [1.165, 1.54) is 4.68 Å². The Kier molecular flexibility index (Phi) is 5.30. The lowest BCUT2D eigenvalue weighted by molar-refractivity contribution is -0.140. The Labute approximate surface area is 195 Å². The molecule has 0 aliphatic carbocycles. The van der Waals surface area contributed by atoms with Gasteiger partial charge in [-0.05, 0) is 32.0 Å². The van der Waals surface area contributed by atoms with Gasteiger partial charge in [0, 0.05) is 27.7 Å². The first-order valence-corrected chi connectivity index (χ1v) is 10.9. The Morgan fingerprint density at radius 1 is 0.971 bits per heavy atom. The van der Waals surface area contributed by atoms with E-state index in [4.69, 9.17) is 4.98 Å². The van der Waals surface area contributed by atoms with Crippen LogP contribution < -0.4 is 5.56 Å². The van der Waals surface area contributed by atoms with Gasteiger partial charge < -0.3 is 9.67 Å². The van der Waals surface area contributed by atoms with Crippen LogP contribution in [0.1, 0.15) is 24.2 Å². The fraction of sp³-hybridized carbons (Fsp3) is 0.111. The van der Waals surface area contributed by atoms with Crippen molar-refractivity contribution in [3.63, 3.8) is 0 Å². The standard InChI is InChI=1S/C27H22N4O3/c1-17-22(20-12-7-9-15-24(20)30(17)18(2)27(33)34)16-28-31-25(19-10-4-3-5-11-19)29-23-14-8-6-13-21(23)26(31)32/h3-16,18H,1-2H3,(H,33,34)/t18-/m0/s1. The van der Waals surface area contributed by atoms with E-state index in [-0.39, 0.29) is 5.56 Å². The number of carboxylic acid groups (broad SMARTS) is 1. The molecule has 1 atom stereocenters. The van der Waals surface area contributed by atoms with Crippen LogP contribution in [0, 0.1) is 6.92 Å². The van der Waals surface area contributed by atoms with E-state index in [2.05, 4.69) is 5.10 Å². The summed E-state index contributed by atoms with van der Waals surface area (Å²) in [5.41, 5.74) is 3.39. The summed E-state index contributed by atoms with van der Waals surface area (Å²) in [5, 5.41) is 15.5. The fourth-order valence-corrected chi connectivity index (χ4v) is 4.31. The molecule has 168 valence electrons. The van der Waals surface area contributed by atoms with E-state index in [0.717, 1.165) is 27.7 Å². The van der Waals surface area contributed by atoms with Crippen LogP contribution in [0.25, 0.3) is 33.2 Å². The van der Waals surface area contributed by atoms with Crippen LogP contribution in [0.4, 0.5) is 0 Å². The Bertz CT molecular complexity index is 1630. The first-order valence-electron chi connectivity index (χ1n) is 10.9. The second kappa shape index (κ2) is 8.44. The lowest BCUT2D eigenvalue weighted by atomic mass is 10.1. The van der Waals surface area contributed by atoms with Gasteiger partial charge in [0.1, 0.15) is 6.04 Å². The van der Waals surface area contributed by atoms with Gasteiger partial charge in [0.05, 0.1) is 17.1 Å². The van der Waals surface area contributed by atoms with Gasteiger partial charge in [0.25, 0.3) is 5.56 Å². The maximum Gasteiger partial charge on any atom is 0.326 e. The first-order chi connectivity index (χ1) is 16.5. The molecule has 5 rings (SSSR count). The molecule has 1 N–H and O–H groups in total. The zero-order valence-corrected chi connectivity index (χ0v) is 18.7. The minimum atomic E-state index is -0.923. The molecule has 0 amide bonds. The minimum Gasteiger partial charge on any atom is -0.480 e. The molecule has 7 nitrogen and oxygen atoms in total. The molecular formula is C27H22N4O3. The highest BCUT2D eigenvalue weighted by Crippen LogP contribution is 2.28. The summed E-state index contributed by atoms with van der Waals surface area (Å²) in [6.07, 6.45) is 1.62. The number of carboxylic acids is 1. The highest BCUT2D eigenvalue weighted by Gasteiger charge is 2.21. The molecule has 2 aromatic heterocycles.